The van der Waals surface area contributed by atoms with E-state index in [1.165, 1.54) is 38.5 Å². The Balaban J connectivity index is -0.000000372. The minimum absolute atomic E-state index is 0. The first-order valence-corrected chi connectivity index (χ1v) is 10.2. The van der Waals surface area contributed by atoms with E-state index in [1.54, 1.807) is 0 Å². The van der Waals surface area contributed by atoms with E-state index in [0.717, 1.165) is 26.2 Å². The Bertz CT molecular complexity index is 331. The van der Waals surface area contributed by atoms with Gasteiger partial charge in [0.2, 0.25) is 0 Å². The van der Waals surface area contributed by atoms with E-state index < -0.39 is 0 Å². The van der Waals surface area contributed by atoms with Gasteiger partial charge < -0.3 is 59.5 Å². The molecule has 0 aromatic heterocycles. The monoisotopic (exact) mass is 460 g/mol. The number of hydrogen-bond acceptors (Lipinski definition) is 4. The van der Waals surface area contributed by atoms with Crippen LogP contribution >= 0.6 is 24.4 Å². The molecular weight excluding hydrogens is 428 g/mol. The Morgan fingerprint density at radius 1 is 0.800 bits per heavy atom. The van der Waals surface area contributed by atoms with Crippen LogP contribution in [0.1, 0.15) is 52.4 Å². The molecule has 0 saturated carbocycles. The van der Waals surface area contributed by atoms with Crippen LogP contribution in [0, 0.1) is 0 Å². The van der Waals surface area contributed by atoms with Crippen LogP contribution in [0.25, 0.3) is 0 Å². The summed E-state index contributed by atoms with van der Waals surface area (Å²) >= 11 is 19.7. The third kappa shape index (κ3) is 20.4. The summed E-state index contributed by atoms with van der Waals surface area (Å²) in [5.41, 5.74) is 0. The third-order valence-electron chi connectivity index (χ3n) is 3.28. The van der Waals surface area contributed by atoms with Gasteiger partial charge in [0, 0.05) is 26.2 Å². The topological polar surface area (TPSA) is 6.48 Å². The SMILES string of the molecule is C=CCN(CCCCC)C(=S)[S-].C=CCN(CCCCC)C(=S)[S-].[Fe+2]. The maximum Gasteiger partial charge on any atom is 2.00 e. The van der Waals surface area contributed by atoms with Gasteiger partial charge in [-0.15, -0.1) is 13.2 Å². The van der Waals surface area contributed by atoms with Gasteiger partial charge in [-0.05, 0) is 12.8 Å². The summed E-state index contributed by atoms with van der Waals surface area (Å²) < 4.78 is 1.12. The van der Waals surface area contributed by atoms with Crippen molar-refractivity contribution in [2.24, 2.45) is 0 Å². The first-order chi connectivity index (χ1) is 11.4. The molecular formula is C18H32FeN2S4. The Hall–Kier alpha value is 0.219. The summed E-state index contributed by atoms with van der Waals surface area (Å²) in [4.78, 5) is 4.01. The van der Waals surface area contributed by atoms with Crippen LogP contribution in [0.2, 0.25) is 0 Å². The molecule has 7 heteroatoms. The molecule has 2 nitrogen and oxygen atoms in total. The van der Waals surface area contributed by atoms with Gasteiger partial charge in [-0.1, -0.05) is 60.3 Å². The molecule has 0 aliphatic carbocycles. The van der Waals surface area contributed by atoms with Gasteiger partial charge in [0.05, 0.1) is 0 Å². The normalized spacial score (nSPS) is 9.04. The molecule has 0 N–H and O–H groups in total. The molecule has 0 aliphatic rings. The van der Waals surface area contributed by atoms with Gasteiger partial charge in [-0.2, -0.15) is 0 Å². The van der Waals surface area contributed by atoms with Crippen LogP contribution in [0.4, 0.5) is 0 Å². The van der Waals surface area contributed by atoms with Crippen molar-refractivity contribution in [1.29, 1.82) is 0 Å². The average Bonchev–Trinajstić information content (AvgIpc) is 2.54. The molecule has 0 rings (SSSR count). The van der Waals surface area contributed by atoms with Crippen molar-refractivity contribution in [3.8, 4) is 0 Å². The third-order valence-corrected chi connectivity index (χ3v) is 4.31. The summed E-state index contributed by atoms with van der Waals surface area (Å²) in [7, 11) is 0. The van der Waals surface area contributed by atoms with Crippen LogP contribution in [-0.2, 0) is 42.3 Å². The molecule has 0 heterocycles. The number of thiocarbonyl (C=S) groups is 2. The second kappa shape index (κ2) is 22.3. The second-order valence-corrected chi connectivity index (χ2v) is 7.48. The summed E-state index contributed by atoms with van der Waals surface area (Å²) in [5, 5.41) is 0. The first kappa shape index (κ1) is 30.0. The van der Waals surface area contributed by atoms with E-state index in [1.807, 2.05) is 22.0 Å². The van der Waals surface area contributed by atoms with Crippen molar-refractivity contribution in [1.82, 2.24) is 9.80 Å². The maximum absolute atomic E-state index is 4.92. The van der Waals surface area contributed by atoms with Crippen molar-refractivity contribution < 1.29 is 17.1 Å². The quantitative estimate of drug-likeness (QED) is 0.132. The second-order valence-electron chi connectivity index (χ2n) is 5.42. The molecule has 0 aliphatic heterocycles. The number of rotatable bonds is 12. The standard InChI is InChI=1S/2C9H17NS2.Fe/c2*1-3-5-6-8-10(7-4-2)9(11)12;/h2*4H,2-3,5-8H2,1H3,(H,11,12);/q;;+2/p-2. The zero-order chi connectivity index (χ0) is 18.8. The fourth-order valence-corrected chi connectivity index (χ4v) is 2.59. The van der Waals surface area contributed by atoms with E-state index >= 15 is 0 Å². The minimum atomic E-state index is 0. The van der Waals surface area contributed by atoms with Crippen molar-refractivity contribution in [3.05, 3.63) is 25.3 Å². The smallest absolute Gasteiger partial charge is 0.411 e. The van der Waals surface area contributed by atoms with Gasteiger partial charge in [-0.25, -0.2) is 0 Å². The molecule has 0 amide bonds. The van der Waals surface area contributed by atoms with Crippen LogP contribution < -0.4 is 0 Å². The number of hydrogen-bond donors (Lipinski definition) is 0. The summed E-state index contributed by atoms with van der Waals surface area (Å²) in [5.74, 6) is 0. The molecule has 0 fully saturated rings. The summed E-state index contributed by atoms with van der Waals surface area (Å²) in [6.07, 6.45) is 11.0. The van der Waals surface area contributed by atoms with E-state index in [4.69, 9.17) is 49.7 Å². The predicted molar refractivity (Wildman–Crippen MR) is 123 cm³/mol. The number of nitrogens with zero attached hydrogens (tertiary/aromatic N) is 2. The molecule has 0 unspecified atom stereocenters. The number of unbranched alkanes of at least 4 members (excludes halogenated alkanes) is 4. The predicted octanol–water partition coefficient (Wildman–Crippen LogP) is 4.99. The largest absolute Gasteiger partial charge is 2.00 e. The zero-order valence-corrected chi connectivity index (χ0v) is 19.9. The van der Waals surface area contributed by atoms with E-state index in [0.29, 0.717) is 8.64 Å². The van der Waals surface area contributed by atoms with Crippen LogP contribution in [0.15, 0.2) is 25.3 Å². The van der Waals surface area contributed by atoms with Gasteiger partial charge in [0.25, 0.3) is 0 Å². The fraction of sp³-hybridized carbons (Fsp3) is 0.667. The van der Waals surface area contributed by atoms with Gasteiger partial charge >= 0.3 is 17.1 Å². The van der Waals surface area contributed by atoms with Gasteiger partial charge in [-0.3, -0.25) is 0 Å². The van der Waals surface area contributed by atoms with E-state index in [9.17, 15) is 0 Å². The minimum Gasteiger partial charge on any atom is -0.411 e. The zero-order valence-electron chi connectivity index (χ0n) is 15.5. The van der Waals surface area contributed by atoms with Crippen LogP contribution in [-0.4, -0.2) is 44.6 Å². The molecule has 0 bridgehead atoms. The van der Waals surface area contributed by atoms with Gasteiger partial charge in [0.1, 0.15) is 0 Å². The van der Waals surface area contributed by atoms with Crippen molar-refractivity contribution in [2.45, 2.75) is 52.4 Å². The van der Waals surface area contributed by atoms with Crippen LogP contribution in [0.5, 0.6) is 0 Å². The molecule has 0 saturated heterocycles. The molecule has 0 aromatic carbocycles. The summed E-state index contributed by atoms with van der Waals surface area (Å²) in [6.45, 7) is 15.2. The van der Waals surface area contributed by atoms with E-state index in [2.05, 4.69) is 27.0 Å². The van der Waals surface area contributed by atoms with Crippen molar-refractivity contribution in [2.75, 3.05) is 26.2 Å². The fourth-order valence-electron chi connectivity index (χ4n) is 1.93. The molecule has 146 valence electrons. The molecule has 0 spiro atoms. The van der Waals surface area contributed by atoms with E-state index in [-0.39, 0.29) is 17.1 Å². The van der Waals surface area contributed by atoms with Crippen molar-refractivity contribution >= 4 is 58.3 Å². The molecule has 0 aromatic rings. The summed E-state index contributed by atoms with van der Waals surface area (Å²) in [6, 6.07) is 0. The Kier molecular flexibility index (Phi) is 26.7. The first-order valence-electron chi connectivity index (χ1n) is 8.58. The van der Waals surface area contributed by atoms with Gasteiger partial charge in [0.15, 0.2) is 0 Å². The Morgan fingerprint density at radius 2 is 1.12 bits per heavy atom. The molecule has 0 radical (unpaired) electrons. The van der Waals surface area contributed by atoms with Crippen LogP contribution in [0.3, 0.4) is 0 Å². The maximum atomic E-state index is 4.92. The average molecular weight is 461 g/mol. The Labute approximate surface area is 188 Å². The molecule has 25 heavy (non-hydrogen) atoms. The Morgan fingerprint density at radius 3 is 1.32 bits per heavy atom. The van der Waals surface area contributed by atoms with Crippen molar-refractivity contribution in [3.63, 3.8) is 0 Å². The molecule has 0 atom stereocenters.